The Morgan fingerprint density at radius 2 is 2.17 bits per heavy atom. The van der Waals surface area contributed by atoms with Gasteiger partial charge in [0, 0.05) is 24.1 Å². The lowest BCUT2D eigenvalue weighted by Gasteiger charge is -2.34. The average molecular weight is 311 g/mol. The lowest BCUT2D eigenvalue weighted by Crippen LogP contribution is -2.41. The van der Waals surface area contributed by atoms with Crippen LogP contribution in [-0.4, -0.2) is 30.7 Å². The number of methoxy groups -OCH3 is 1. The van der Waals surface area contributed by atoms with Gasteiger partial charge in [-0.3, -0.25) is 0 Å². The van der Waals surface area contributed by atoms with Crippen molar-refractivity contribution in [2.45, 2.75) is 38.6 Å². The molecule has 0 N–H and O–H groups in total. The van der Waals surface area contributed by atoms with Crippen molar-refractivity contribution < 1.29 is 9.53 Å². The molecule has 3 rings (SSSR count). The van der Waals surface area contributed by atoms with E-state index in [9.17, 15) is 4.79 Å². The van der Waals surface area contributed by atoms with E-state index < -0.39 is 0 Å². The molecule has 4 unspecified atom stereocenters. The zero-order valence-electron chi connectivity index (χ0n) is 14.0. The SMILES string of the molecule is COC(=O)N1CCC2C(C#CC3=CC(C)C=CC=C3)CCCC21. The Kier molecular flexibility index (Phi) is 4.91. The first kappa shape index (κ1) is 15.9. The summed E-state index contributed by atoms with van der Waals surface area (Å²) in [4.78, 5) is 13.8. The summed E-state index contributed by atoms with van der Waals surface area (Å²) >= 11 is 0. The van der Waals surface area contributed by atoms with E-state index in [2.05, 4.69) is 49.1 Å². The molecule has 3 nitrogen and oxygen atoms in total. The molecule has 1 heterocycles. The molecular weight excluding hydrogens is 286 g/mol. The molecule has 0 aromatic heterocycles. The van der Waals surface area contributed by atoms with Gasteiger partial charge in [0.25, 0.3) is 0 Å². The first-order chi connectivity index (χ1) is 11.2. The van der Waals surface area contributed by atoms with Crippen LogP contribution in [0, 0.1) is 29.6 Å². The lowest BCUT2D eigenvalue weighted by molar-refractivity contribution is 0.101. The van der Waals surface area contributed by atoms with Crippen molar-refractivity contribution in [3.8, 4) is 11.8 Å². The van der Waals surface area contributed by atoms with Crippen LogP contribution in [0.3, 0.4) is 0 Å². The number of ether oxygens (including phenoxy) is 1. The van der Waals surface area contributed by atoms with Crippen LogP contribution in [-0.2, 0) is 4.74 Å². The van der Waals surface area contributed by atoms with Gasteiger partial charge in [0.1, 0.15) is 0 Å². The number of allylic oxidation sites excluding steroid dienone is 6. The molecule has 0 aromatic carbocycles. The van der Waals surface area contributed by atoms with Crippen molar-refractivity contribution in [2.75, 3.05) is 13.7 Å². The molecule has 1 saturated heterocycles. The minimum atomic E-state index is -0.180. The molecule has 23 heavy (non-hydrogen) atoms. The van der Waals surface area contributed by atoms with Crippen LogP contribution >= 0.6 is 0 Å². The number of hydrogen-bond acceptors (Lipinski definition) is 2. The fourth-order valence-electron chi connectivity index (χ4n) is 4.05. The van der Waals surface area contributed by atoms with E-state index in [0.717, 1.165) is 37.8 Å². The molecule has 1 aliphatic heterocycles. The van der Waals surface area contributed by atoms with E-state index in [-0.39, 0.29) is 6.09 Å². The summed E-state index contributed by atoms with van der Waals surface area (Å²) < 4.78 is 4.92. The van der Waals surface area contributed by atoms with E-state index >= 15 is 0 Å². The van der Waals surface area contributed by atoms with Gasteiger partial charge >= 0.3 is 6.09 Å². The average Bonchev–Trinajstić information content (AvgIpc) is 2.89. The van der Waals surface area contributed by atoms with Gasteiger partial charge in [-0.25, -0.2) is 4.79 Å². The topological polar surface area (TPSA) is 29.5 Å². The maximum Gasteiger partial charge on any atom is 0.409 e. The minimum Gasteiger partial charge on any atom is -0.453 e. The minimum absolute atomic E-state index is 0.180. The molecule has 1 saturated carbocycles. The van der Waals surface area contributed by atoms with Crippen LogP contribution in [0.4, 0.5) is 4.79 Å². The number of rotatable bonds is 0. The number of amides is 1. The highest BCUT2D eigenvalue weighted by Gasteiger charge is 2.43. The molecule has 3 aliphatic rings. The highest BCUT2D eigenvalue weighted by Crippen LogP contribution is 2.40. The molecule has 0 radical (unpaired) electrons. The second kappa shape index (κ2) is 7.08. The summed E-state index contributed by atoms with van der Waals surface area (Å²) in [7, 11) is 1.47. The summed E-state index contributed by atoms with van der Waals surface area (Å²) in [5.41, 5.74) is 1.10. The Balaban J connectivity index is 1.72. The Bertz CT molecular complexity index is 605. The van der Waals surface area contributed by atoms with Crippen LogP contribution in [0.5, 0.6) is 0 Å². The predicted octanol–water partition coefficient (Wildman–Crippen LogP) is 3.94. The standard InChI is InChI=1S/C20H25NO2/c1-15-6-3-4-7-16(14-15)10-11-17-8-5-9-19-18(17)12-13-21(19)20(22)23-2/h3-4,6-7,14-15,17-19H,5,8-9,12-13H2,1-2H3. The molecule has 3 heteroatoms. The predicted molar refractivity (Wildman–Crippen MR) is 91.7 cm³/mol. The van der Waals surface area contributed by atoms with E-state index in [1.54, 1.807) is 0 Å². The molecule has 0 aromatic rings. The highest BCUT2D eigenvalue weighted by molar-refractivity contribution is 5.68. The summed E-state index contributed by atoms with van der Waals surface area (Å²) in [5.74, 6) is 8.21. The van der Waals surface area contributed by atoms with Crippen LogP contribution in [0.15, 0.2) is 36.0 Å². The van der Waals surface area contributed by atoms with Crippen molar-refractivity contribution in [2.24, 2.45) is 17.8 Å². The van der Waals surface area contributed by atoms with Crippen molar-refractivity contribution in [3.05, 3.63) is 36.0 Å². The van der Waals surface area contributed by atoms with Crippen LogP contribution in [0.1, 0.15) is 32.6 Å². The largest absolute Gasteiger partial charge is 0.453 e. The third kappa shape index (κ3) is 3.52. The Morgan fingerprint density at radius 1 is 1.30 bits per heavy atom. The number of carbonyl (C=O) groups excluding carboxylic acids is 1. The summed E-state index contributed by atoms with van der Waals surface area (Å²) in [5, 5.41) is 0. The van der Waals surface area contributed by atoms with E-state index in [1.165, 1.54) is 7.11 Å². The van der Waals surface area contributed by atoms with Gasteiger partial charge in [-0.1, -0.05) is 49.5 Å². The summed E-state index contributed by atoms with van der Waals surface area (Å²) in [6.07, 6.45) is 14.8. The zero-order chi connectivity index (χ0) is 16.2. The Labute approximate surface area is 139 Å². The van der Waals surface area contributed by atoms with E-state index in [0.29, 0.717) is 23.8 Å². The lowest BCUT2D eigenvalue weighted by atomic mass is 9.76. The normalized spacial score (nSPS) is 32.4. The number of carbonyl (C=O) groups is 1. The maximum atomic E-state index is 11.9. The van der Waals surface area contributed by atoms with Crippen LogP contribution in [0.2, 0.25) is 0 Å². The molecule has 122 valence electrons. The molecule has 2 fully saturated rings. The van der Waals surface area contributed by atoms with Gasteiger partial charge in [0.15, 0.2) is 0 Å². The molecule has 0 bridgehead atoms. The fourth-order valence-corrected chi connectivity index (χ4v) is 4.05. The summed E-state index contributed by atoms with van der Waals surface area (Å²) in [6, 6.07) is 0.315. The molecule has 4 atom stereocenters. The second-order valence-electron chi connectivity index (χ2n) is 6.72. The molecule has 1 amide bonds. The third-order valence-electron chi connectivity index (χ3n) is 5.18. The molecular formula is C20H25NO2. The monoisotopic (exact) mass is 311 g/mol. The van der Waals surface area contributed by atoms with Gasteiger partial charge in [0.05, 0.1) is 7.11 Å². The smallest absolute Gasteiger partial charge is 0.409 e. The van der Waals surface area contributed by atoms with Gasteiger partial charge < -0.3 is 9.64 Å². The van der Waals surface area contributed by atoms with Crippen LogP contribution in [0.25, 0.3) is 0 Å². The van der Waals surface area contributed by atoms with Gasteiger partial charge in [-0.2, -0.15) is 0 Å². The first-order valence-electron chi connectivity index (χ1n) is 8.62. The quantitative estimate of drug-likeness (QED) is 0.634. The van der Waals surface area contributed by atoms with Crippen molar-refractivity contribution in [1.29, 1.82) is 0 Å². The first-order valence-corrected chi connectivity index (χ1v) is 8.62. The zero-order valence-corrected chi connectivity index (χ0v) is 14.0. The fraction of sp³-hybridized carbons (Fsp3) is 0.550. The number of likely N-dealkylation sites (tertiary alicyclic amines) is 1. The number of hydrogen-bond donors (Lipinski definition) is 0. The van der Waals surface area contributed by atoms with Gasteiger partial charge in [-0.15, -0.1) is 0 Å². The molecule has 2 aliphatic carbocycles. The third-order valence-corrected chi connectivity index (χ3v) is 5.18. The highest BCUT2D eigenvalue weighted by atomic mass is 16.5. The summed E-state index contributed by atoms with van der Waals surface area (Å²) in [6.45, 7) is 2.98. The maximum absolute atomic E-state index is 11.9. The van der Waals surface area contributed by atoms with Gasteiger partial charge in [0.2, 0.25) is 0 Å². The van der Waals surface area contributed by atoms with Crippen molar-refractivity contribution in [1.82, 2.24) is 4.90 Å². The Morgan fingerprint density at radius 3 is 3.00 bits per heavy atom. The number of nitrogens with zero attached hydrogens (tertiary/aromatic N) is 1. The van der Waals surface area contributed by atoms with E-state index in [1.807, 2.05) is 4.90 Å². The van der Waals surface area contributed by atoms with Gasteiger partial charge in [-0.05, 0) is 37.2 Å². The number of fused-ring (bicyclic) bond motifs is 1. The Hall–Kier alpha value is -1.95. The van der Waals surface area contributed by atoms with Crippen molar-refractivity contribution in [3.63, 3.8) is 0 Å². The van der Waals surface area contributed by atoms with Crippen molar-refractivity contribution >= 4 is 6.09 Å². The van der Waals surface area contributed by atoms with Crippen LogP contribution < -0.4 is 0 Å². The molecule has 0 spiro atoms. The second-order valence-corrected chi connectivity index (χ2v) is 6.72. The van der Waals surface area contributed by atoms with E-state index in [4.69, 9.17) is 4.74 Å².